The van der Waals surface area contributed by atoms with Gasteiger partial charge in [0.2, 0.25) is 0 Å². The molecule has 0 bridgehead atoms. The quantitative estimate of drug-likeness (QED) is 0.732. The molecular formula is C12H15NOS. The van der Waals surface area contributed by atoms with E-state index >= 15 is 0 Å². The van der Waals surface area contributed by atoms with Crippen molar-refractivity contribution in [2.24, 2.45) is 0 Å². The fourth-order valence-corrected chi connectivity index (χ4v) is 1.61. The van der Waals surface area contributed by atoms with Crippen LogP contribution in [0.2, 0.25) is 0 Å². The van der Waals surface area contributed by atoms with Crippen LogP contribution < -0.4 is 0 Å². The van der Waals surface area contributed by atoms with E-state index in [4.69, 9.17) is 0 Å². The van der Waals surface area contributed by atoms with Crippen molar-refractivity contribution < 1.29 is 4.79 Å². The van der Waals surface area contributed by atoms with Gasteiger partial charge in [-0.1, -0.05) is 30.0 Å². The Bertz CT molecular complexity index is 343. The van der Waals surface area contributed by atoms with E-state index in [2.05, 4.69) is 11.1 Å². The first-order chi connectivity index (χ1) is 7.18. The van der Waals surface area contributed by atoms with Crippen LogP contribution in [-0.2, 0) is 4.79 Å². The average Bonchev–Trinajstić information content (AvgIpc) is 2.20. The van der Waals surface area contributed by atoms with Crippen molar-refractivity contribution in [2.45, 2.75) is 20.3 Å². The molecule has 0 amide bonds. The summed E-state index contributed by atoms with van der Waals surface area (Å²) in [5.74, 6) is 0.852. The van der Waals surface area contributed by atoms with E-state index in [0.29, 0.717) is 0 Å². The topological polar surface area (TPSA) is 30.0 Å². The van der Waals surface area contributed by atoms with Gasteiger partial charge >= 0.3 is 0 Å². The molecule has 80 valence electrons. The van der Waals surface area contributed by atoms with Gasteiger partial charge < -0.3 is 0 Å². The van der Waals surface area contributed by atoms with Crippen molar-refractivity contribution in [3.63, 3.8) is 0 Å². The number of aromatic nitrogens is 1. The molecule has 0 radical (unpaired) electrons. The third kappa shape index (κ3) is 5.37. The minimum Gasteiger partial charge on any atom is -0.288 e. The number of aryl methyl sites for hydroxylation is 1. The van der Waals surface area contributed by atoms with Crippen LogP contribution in [0.1, 0.15) is 24.6 Å². The summed E-state index contributed by atoms with van der Waals surface area (Å²) in [5, 5.41) is 0.181. The third-order valence-corrected chi connectivity index (χ3v) is 2.68. The minimum absolute atomic E-state index is 0.181. The summed E-state index contributed by atoms with van der Waals surface area (Å²) in [4.78, 5) is 14.8. The van der Waals surface area contributed by atoms with Gasteiger partial charge in [-0.25, -0.2) is 0 Å². The van der Waals surface area contributed by atoms with Crippen molar-refractivity contribution in [3.8, 4) is 0 Å². The number of hydrogen-bond acceptors (Lipinski definition) is 3. The summed E-state index contributed by atoms with van der Waals surface area (Å²) < 4.78 is 0. The standard InChI is InChI=1S/C12H15NOS/c1-10-6-7-12(9-13-10)5-3-4-8-15-11(2)14/h3,5-7,9H,4,8H2,1-2H3. The van der Waals surface area contributed by atoms with Gasteiger partial charge in [0, 0.05) is 24.6 Å². The molecule has 0 aliphatic carbocycles. The molecule has 1 rings (SSSR count). The largest absolute Gasteiger partial charge is 0.288 e. The van der Waals surface area contributed by atoms with Gasteiger partial charge in [0.1, 0.15) is 0 Å². The Morgan fingerprint density at radius 3 is 2.93 bits per heavy atom. The molecule has 0 aliphatic rings. The maximum atomic E-state index is 10.6. The van der Waals surface area contributed by atoms with Crippen LogP contribution >= 0.6 is 11.8 Å². The van der Waals surface area contributed by atoms with E-state index in [1.165, 1.54) is 11.8 Å². The lowest BCUT2D eigenvalue weighted by Crippen LogP contribution is -1.84. The number of pyridine rings is 1. The Hall–Kier alpha value is -1.09. The van der Waals surface area contributed by atoms with E-state index in [-0.39, 0.29) is 5.12 Å². The smallest absolute Gasteiger partial charge is 0.185 e. The lowest BCUT2D eigenvalue weighted by atomic mass is 10.2. The number of carbonyl (C=O) groups is 1. The first kappa shape index (κ1) is 12.0. The average molecular weight is 221 g/mol. The van der Waals surface area contributed by atoms with Gasteiger partial charge in [-0.05, 0) is 25.0 Å². The minimum atomic E-state index is 0.181. The first-order valence-electron chi connectivity index (χ1n) is 4.91. The fourth-order valence-electron chi connectivity index (χ4n) is 1.07. The van der Waals surface area contributed by atoms with E-state index in [1.54, 1.807) is 6.92 Å². The molecule has 1 heterocycles. The van der Waals surface area contributed by atoms with Gasteiger partial charge in [0.15, 0.2) is 5.12 Å². The summed E-state index contributed by atoms with van der Waals surface area (Å²) in [6.07, 6.45) is 6.87. The maximum Gasteiger partial charge on any atom is 0.185 e. The number of allylic oxidation sites excluding steroid dienone is 1. The Labute approximate surface area is 94.8 Å². The third-order valence-electron chi connectivity index (χ3n) is 1.83. The van der Waals surface area contributed by atoms with E-state index in [1.807, 2.05) is 31.3 Å². The summed E-state index contributed by atoms with van der Waals surface area (Å²) in [7, 11) is 0. The molecular weight excluding hydrogens is 206 g/mol. The Kier molecular flexibility index (Phi) is 5.12. The molecule has 0 saturated carbocycles. The van der Waals surface area contributed by atoms with E-state index in [9.17, 15) is 4.79 Å². The first-order valence-corrected chi connectivity index (χ1v) is 5.89. The molecule has 0 N–H and O–H groups in total. The van der Waals surface area contributed by atoms with E-state index < -0.39 is 0 Å². The van der Waals surface area contributed by atoms with Crippen LogP contribution in [0.4, 0.5) is 0 Å². The zero-order valence-corrected chi connectivity index (χ0v) is 9.88. The molecule has 0 aromatic carbocycles. The lowest BCUT2D eigenvalue weighted by Gasteiger charge is -1.94. The number of carbonyl (C=O) groups excluding carboxylic acids is 1. The van der Waals surface area contributed by atoms with Crippen LogP contribution in [0.5, 0.6) is 0 Å². The highest BCUT2D eigenvalue weighted by molar-refractivity contribution is 8.13. The molecule has 3 heteroatoms. The van der Waals surface area contributed by atoms with Crippen molar-refractivity contribution in [3.05, 3.63) is 35.7 Å². The fraction of sp³-hybridized carbons (Fsp3) is 0.333. The summed E-state index contributed by atoms with van der Waals surface area (Å²) in [6, 6.07) is 4.03. The molecule has 0 unspecified atom stereocenters. The lowest BCUT2D eigenvalue weighted by molar-refractivity contribution is -0.109. The molecule has 0 atom stereocenters. The zero-order valence-electron chi connectivity index (χ0n) is 9.06. The van der Waals surface area contributed by atoms with Crippen LogP contribution in [-0.4, -0.2) is 15.9 Å². The van der Waals surface area contributed by atoms with Crippen molar-refractivity contribution in [1.29, 1.82) is 0 Å². The molecule has 1 aromatic rings. The second kappa shape index (κ2) is 6.40. The highest BCUT2D eigenvalue weighted by Crippen LogP contribution is 2.06. The number of thioether (sulfide) groups is 1. The predicted molar refractivity (Wildman–Crippen MR) is 65.8 cm³/mol. The van der Waals surface area contributed by atoms with E-state index in [0.717, 1.165) is 23.4 Å². The van der Waals surface area contributed by atoms with Crippen LogP contribution in [0.15, 0.2) is 24.4 Å². The Balaban J connectivity index is 2.32. The number of rotatable bonds is 4. The molecule has 0 saturated heterocycles. The van der Waals surface area contributed by atoms with Gasteiger partial charge in [-0.15, -0.1) is 0 Å². The van der Waals surface area contributed by atoms with Gasteiger partial charge in [-0.3, -0.25) is 9.78 Å². The molecule has 0 spiro atoms. The molecule has 0 fully saturated rings. The van der Waals surface area contributed by atoms with Gasteiger partial charge in [0.25, 0.3) is 0 Å². The monoisotopic (exact) mass is 221 g/mol. The highest BCUT2D eigenvalue weighted by Gasteiger charge is 1.91. The van der Waals surface area contributed by atoms with Crippen LogP contribution in [0.25, 0.3) is 6.08 Å². The van der Waals surface area contributed by atoms with Gasteiger partial charge in [0.05, 0.1) is 0 Å². The van der Waals surface area contributed by atoms with Gasteiger partial charge in [-0.2, -0.15) is 0 Å². The van der Waals surface area contributed by atoms with Crippen molar-refractivity contribution in [2.75, 3.05) is 5.75 Å². The van der Waals surface area contributed by atoms with Crippen molar-refractivity contribution >= 4 is 23.0 Å². The normalized spacial score (nSPS) is 10.8. The zero-order chi connectivity index (χ0) is 11.1. The SMILES string of the molecule is CC(=O)SCCC=Cc1ccc(C)nc1. The van der Waals surface area contributed by atoms with Crippen molar-refractivity contribution in [1.82, 2.24) is 4.98 Å². The predicted octanol–water partition coefficient (Wildman–Crippen LogP) is 3.07. The molecule has 0 aliphatic heterocycles. The summed E-state index contributed by atoms with van der Waals surface area (Å²) >= 11 is 1.36. The Morgan fingerprint density at radius 1 is 1.53 bits per heavy atom. The molecule has 15 heavy (non-hydrogen) atoms. The second-order valence-electron chi connectivity index (χ2n) is 3.26. The maximum absolute atomic E-state index is 10.6. The highest BCUT2D eigenvalue weighted by atomic mass is 32.2. The summed E-state index contributed by atoms with van der Waals surface area (Å²) in [6.45, 7) is 3.56. The second-order valence-corrected chi connectivity index (χ2v) is 4.54. The van der Waals surface area contributed by atoms with Crippen LogP contribution in [0.3, 0.4) is 0 Å². The summed E-state index contributed by atoms with van der Waals surface area (Å²) in [5.41, 5.74) is 2.13. The molecule has 2 nitrogen and oxygen atoms in total. The number of nitrogens with zero attached hydrogens (tertiary/aromatic N) is 1. The van der Waals surface area contributed by atoms with Crippen LogP contribution in [0, 0.1) is 6.92 Å². The number of hydrogen-bond donors (Lipinski definition) is 0. The molecule has 1 aromatic heterocycles. The Morgan fingerprint density at radius 2 is 2.33 bits per heavy atom.